The van der Waals surface area contributed by atoms with E-state index in [-0.39, 0.29) is 0 Å². The van der Waals surface area contributed by atoms with Crippen LogP contribution in [0.25, 0.3) is 33.3 Å². The molecule has 8 heteroatoms. The summed E-state index contributed by atoms with van der Waals surface area (Å²) in [5.41, 5.74) is 8.93. The van der Waals surface area contributed by atoms with Crippen LogP contribution in [0.2, 0.25) is 0 Å². The first-order valence-corrected chi connectivity index (χ1v) is 10.6. The van der Waals surface area contributed by atoms with Crippen molar-refractivity contribution in [3.63, 3.8) is 0 Å². The number of carbonyl (C=O) groups excluding carboxylic acids is 2. The molecule has 0 spiro atoms. The fourth-order valence-electron chi connectivity index (χ4n) is 3.93. The van der Waals surface area contributed by atoms with Gasteiger partial charge in [-0.3, -0.25) is 20.4 Å². The zero-order chi connectivity index (χ0) is 22.9. The van der Waals surface area contributed by atoms with Gasteiger partial charge in [-0.15, -0.1) is 0 Å². The van der Waals surface area contributed by atoms with Gasteiger partial charge in [-0.1, -0.05) is 35.5 Å². The van der Waals surface area contributed by atoms with Crippen molar-refractivity contribution in [2.45, 2.75) is 20.4 Å². The Labute approximate surface area is 189 Å². The Morgan fingerprint density at radius 3 is 2.33 bits per heavy atom. The van der Waals surface area contributed by atoms with Gasteiger partial charge in [0, 0.05) is 23.2 Å². The van der Waals surface area contributed by atoms with Gasteiger partial charge in [-0.2, -0.15) is 0 Å². The van der Waals surface area contributed by atoms with E-state index in [1.807, 2.05) is 50.2 Å². The molecule has 0 unspecified atom stereocenters. The van der Waals surface area contributed by atoms with Crippen molar-refractivity contribution in [2.24, 2.45) is 0 Å². The number of imidazole rings is 1. The predicted octanol–water partition coefficient (Wildman–Crippen LogP) is 4.25. The molecule has 0 radical (unpaired) electrons. The Kier molecular flexibility index (Phi) is 5.10. The van der Waals surface area contributed by atoms with Crippen LogP contribution >= 0.6 is 0 Å². The minimum absolute atomic E-state index is 0.371. The molecule has 0 bridgehead atoms. The molecule has 164 valence electrons. The molecule has 33 heavy (non-hydrogen) atoms. The fraction of sp³-hybridized carbons (Fsp3) is 0.120. The number of hydrogen-bond acceptors (Lipinski definition) is 5. The number of hydrazine groups is 1. The van der Waals surface area contributed by atoms with Crippen molar-refractivity contribution in [3.8, 4) is 11.3 Å². The maximum atomic E-state index is 12.7. The smallest absolute Gasteiger partial charge is 0.269 e. The molecule has 0 aliphatic heterocycles. The van der Waals surface area contributed by atoms with E-state index in [4.69, 9.17) is 4.52 Å². The van der Waals surface area contributed by atoms with Crippen LogP contribution in [0.15, 0.2) is 71.3 Å². The summed E-state index contributed by atoms with van der Waals surface area (Å²) in [7, 11) is 0. The molecule has 5 aromatic rings. The molecule has 2 amide bonds. The number of rotatable bonds is 4. The van der Waals surface area contributed by atoms with Gasteiger partial charge in [0.1, 0.15) is 11.3 Å². The first-order valence-electron chi connectivity index (χ1n) is 10.6. The zero-order valence-electron chi connectivity index (χ0n) is 18.1. The molecular formula is C25H21N5O3. The van der Waals surface area contributed by atoms with Crippen LogP contribution in [0, 0.1) is 6.92 Å². The third-order valence-corrected chi connectivity index (χ3v) is 5.58. The number of nitrogens with zero attached hydrogens (tertiary/aromatic N) is 3. The molecule has 8 nitrogen and oxygen atoms in total. The largest absolute Gasteiger partial charge is 0.355 e. The van der Waals surface area contributed by atoms with Crippen molar-refractivity contribution >= 4 is 33.8 Å². The molecule has 3 aromatic carbocycles. The van der Waals surface area contributed by atoms with E-state index in [0.29, 0.717) is 27.8 Å². The number of benzene rings is 3. The maximum absolute atomic E-state index is 12.7. The van der Waals surface area contributed by atoms with Crippen LogP contribution in [0.4, 0.5) is 0 Å². The van der Waals surface area contributed by atoms with Gasteiger partial charge >= 0.3 is 0 Å². The maximum Gasteiger partial charge on any atom is 0.269 e. The molecular weight excluding hydrogens is 418 g/mol. The summed E-state index contributed by atoms with van der Waals surface area (Å²) >= 11 is 0. The Balaban J connectivity index is 1.33. The standard InChI is InChI=1S/C25H21N5O3/c1-3-30-15(2)26-21-14-18(10-12-22(21)30)25(32)28-27-24(31)17-9-11-20-19(13-17)23(33-29-20)16-7-5-4-6-8-16/h4-14H,3H2,1-2H3,(H,27,31)(H,28,32). The van der Waals surface area contributed by atoms with Crippen molar-refractivity contribution in [1.29, 1.82) is 0 Å². The Bertz CT molecular complexity index is 1500. The minimum atomic E-state index is -0.447. The minimum Gasteiger partial charge on any atom is -0.355 e. The SMILES string of the molecule is CCn1c(C)nc2cc(C(=O)NNC(=O)c3ccc4noc(-c5ccccc5)c4c3)ccc21. The highest BCUT2D eigenvalue weighted by Crippen LogP contribution is 2.29. The molecule has 2 aromatic heterocycles. The van der Waals surface area contributed by atoms with Crippen LogP contribution < -0.4 is 10.9 Å². The lowest BCUT2D eigenvalue weighted by atomic mass is 10.1. The lowest BCUT2D eigenvalue weighted by Gasteiger charge is -2.08. The highest BCUT2D eigenvalue weighted by molar-refractivity contribution is 6.03. The average Bonchev–Trinajstić information content (AvgIpc) is 3.41. The van der Waals surface area contributed by atoms with Crippen molar-refractivity contribution in [1.82, 2.24) is 25.6 Å². The van der Waals surface area contributed by atoms with E-state index in [0.717, 1.165) is 29.0 Å². The lowest BCUT2D eigenvalue weighted by molar-refractivity contribution is 0.0847. The molecule has 0 aliphatic rings. The highest BCUT2D eigenvalue weighted by Gasteiger charge is 2.15. The molecule has 0 aliphatic carbocycles. The summed E-state index contributed by atoms with van der Waals surface area (Å²) in [6.07, 6.45) is 0. The van der Waals surface area contributed by atoms with Gasteiger partial charge in [-0.25, -0.2) is 4.98 Å². The molecule has 2 N–H and O–H groups in total. The normalized spacial score (nSPS) is 11.1. The number of aryl methyl sites for hydroxylation is 2. The molecule has 0 fully saturated rings. The second-order valence-corrected chi connectivity index (χ2v) is 7.62. The topological polar surface area (TPSA) is 102 Å². The number of nitrogens with one attached hydrogen (secondary N) is 2. The first-order chi connectivity index (χ1) is 16.0. The van der Waals surface area contributed by atoms with Crippen LogP contribution in [0.1, 0.15) is 33.5 Å². The van der Waals surface area contributed by atoms with Gasteiger partial charge in [0.15, 0.2) is 5.76 Å². The summed E-state index contributed by atoms with van der Waals surface area (Å²) in [5.74, 6) is 0.597. The van der Waals surface area contributed by atoms with E-state index < -0.39 is 11.8 Å². The third kappa shape index (κ3) is 3.71. The Morgan fingerprint density at radius 2 is 1.61 bits per heavy atom. The number of hydrogen-bond donors (Lipinski definition) is 2. The van der Waals surface area contributed by atoms with Crippen molar-refractivity contribution < 1.29 is 14.1 Å². The van der Waals surface area contributed by atoms with Crippen LogP contribution in [0.3, 0.4) is 0 Å². The van der Waals surface area contributed by atoms with Gasteiger partial charge in [0.2, 0.25) is 0 Å². The summed E-state index contributed by atoms with van der Waals surface area (Å²) in [6, 6.07) is 19.9. The zero-order valence-corrected chi connectivity index (χ0v) is 18.1. The van der Waals surface area contributed by atoms with E-state index in [2.05, 4.69) is 25.6 Å². The highest BCUT2D eigenvalue weighted by atomic mass is 16.5. The molecule has 5 rings (SSSR count). The van der Waals surface area contributed by atoms with Gasteiger partial charge in [-0.05, 0) is 50.2 Å². The molecule has 0 atom stereocenters. The van der Waals surface area contributed by atoms with E-state index in [1.54, 1.807) is 30.3 Å². The van der Waals surface area contributed by atoms with E-state index >= 15 is 0 Å². The molecule has 0 saturated heterocycles. The van der Waals surface area contributed by atoms with Crippen LogP contribution in [0.5, 0.6) is 0 Å². The number of carbonyl (C=O) groups is 2. The first kappa shape index (κ1) is 20.4. The van der Waals surface area contributed by atoms with Gasteiger partial charge in [0.25, 0.3) is 11.8 Å². The molecule has 0 saturated carbocycles. The quantitative estimate of drug-likeness (QED) is 0.408. The fourth-order valence-corrected chi connectivity index (χ4v) is 3.93. The second kappa shape index (κ2) is 8.23. The molecule has 2 heterocycles. The van der Waals surface area contributed by atoms with Gasteiger partial charge < -0.3 is 9.09 Å². The van der Waals surface area contributed by atoms with Crippen LogP contribution in [-0.4, -0.2) is 26.5 Å². The van der Waals surface area contributed by atoms with Gasteiger partial charge in [0.05, 0.1) is 16.4 Å². The summed E-state index contributed by atoms with van der Waals surface area (Å²) in [6.45, 7) is 4.77. The average molecular weight is 439 g/mol. The van der Waals surface area contributed by atoms with Crippen molar-refractivity contribution in [3.05, 3.63) is 83.7 Å². The summed E-state index contributed by atoms with van der Waals surface area (Å²) < 4.78 is 7.56. The Morgan fingerprint density at radius 1 is 0.909 bits per heavy atom. The Hall–Kier alpha value is -4.46. The summed E-state index contributed by atoms with van der Waals surface area (Å²) in [5, 5.41) is 4.78. The monoisotopic (exact) mass is 439 g/mol. The third-order valence-electron chi connectivity index (χ3n) is 5.58. The van der Waals surface area contributed by atoms with Crippen molar-refractivity contribution in [2.75, 3.05) is 0 Å². The predicted molar refractivity (Wildman–Crippen MR) is 125 cm³/mol. The number of amides is 2. The summed E-state index contributed by atoms with van der Waals surface area (Å²) in [4.78, 5) is 29.8. The second-order valence-electron chi connectivity index (χ2n) is 7.62. The number of fused-ring (bicyclic) bond motifs is 2. The van der Waals surface area contributed by atoms with E-state index in [9.17, 15) is 9.59 Å². The number of aromatic nitrogens is 3. The van der Waals surface area contributed by atoms with E-state index in [1.165, 1.54) is 0 Å². The van der Waals surface area contributed by atoms with Crippen LogP contribution in [-0.2, 0) is 6.54 Å². The lowest BCUT2D eigenvalue weighted by Crippen LogP contribution is -2.41.